The van der Waals surface area contributed by atoms with Crippen LogP contribution < -0.4 is 9.47 Å². The summed E-state index contributed by atoms with van der Waals surface area (Å²) in [5, 5.41) is 11.5. The minimum absolute atomic E-state index is 0.371. The van der Waals surface area contributed by atoms with Crippen molar-refractivity contribution in [3.8, 4) is 11.5 Å². The highest BCUT2D eigenvalue weighted by molar-refractivity contribution is 7.10. The van der Waals surface area contributed by atoms with E-state index in [0.29, 0.717) is 24.5 Å². The Morgan fingerprint density at radius 1 is 1.28 bits per heavy atom. The molecule has 0 fully saturated rings. The molecular formula is C19H25NO4S. The summed E-state index contributed by atoms with van der Waals surface area (Å²) in [5.74, 6) is -0.135. The third-order valence-electron chi connectivity index (χ3n) is 3.89. The SMILES string of the molecule is COc1cccc(CC(C(=O)O)c2cccs2)c1OCCCN(C)C. The van der Waals surface area contributed by atoms with Crippen molar-refractivity contribution >= 4 is 17.3 Å². The van der Waals surface area contributed by atoms with Gasteiger partial charge in [-0.05, 0) is 50.0 Å². The number of rotatable bonds is 10. The molecule has 1 unspecified atom stereocenters. The highest BCUT2D eigenvalue weighted by Gasteiger charge is 2.24. The minimum Gasteiger partial charge on any atom is -0.493 e. The first kappa shape index (κ1) is 19.3. The highest BCUT2D eigenvalue weighted by Crippen LogP contribution is 2.35. The molecule has 1 atom stereocenters. The zero-order valence-corrected chi connectivity index (χ0v) is 15.7. The summed E-state index contributed by atoms with van der Waals surface area (Å²) in [6.07, 6.45) is 1.26. The van der Waals surface area contributed by atoms with Gasteiger partial charge in [0.2, 0.25) is 0 Å². The van der Waals surface area contributed by atoms with Gasteiger partial charge in [-0.15, -0.1) is 11.3 Å². The third-order valence-corrected chi connectivity index (χ3v) is 4.87. The number of carboxylic acids is 1. The van der Waals surface area contributed by atoms with Gasteiger partial charge in [-0.25, -0.2) is 0 Å². The lowest BCUT2D eigenvalue weighted by molar-refractivity contribution is -0.138. The van der Waals surface area contributed by atoms with Crippen molar-refractivity contribution in [2.75, 3.05) is 34.4 Å². The van der Waals surface area contributed by atoms with Gasteiger partial charge in [0.25, 0.3) is 0 Å². The second kappa shape index (κ2) is 9.44. The van der Waals surface area contributed by atoms with Gasteiger partial charge in [-0.2, -0.15) is 0 Å². The summed E-state index contributed by atoms with van der Waals surface area (Å²) in [5.41, 5.74) is 0.852. The van der Waals surface area contributed by atoms with Gasteiger partial charge in [0.15, 0.2) is 11.5 Å². The zero-order chi connectivity index (χ0) is 18.2. The van der Waals surface area contributed by atoms with Crippen molar-refractivity contribution < 1.29 is 19.4 Å². The molecule has 0 saturated carbocycles. The number of aliphatic carboxylic acids is 1. The number of carbonyl (C=O) groups is 1. The second-order valence-electron chi connectivity index (χ2n) is 6.06. The normalized spacial score (nSPS) is 12.2. The lowest BCUT2D eigenvalue weighted by Crippen LogP contribution is -2.17. The molecule has 136 valence electrons. The van der Waals surface area contributed by atoms with Crippen LogP contribution in [0.5, 0.6) is 11.5 Å². The molecule has 0 saturated heterocycles. The summed E-state index contributed by atoms with van der Waals surface area (Å²) in [4.78, 5) is 14.7. The molecule has 0 spiro atoms. The number of nitrogens with zero attached hydrogens (tertiary/aromatic N) is 1. The Bertz CT molecular complexity index is 670. The maximum atomic E-state index is 11.7. The fourth-order valence-corrected chi connectivity index (χ4v) is 3.44. The van der Waals surface area contributed by atoms with Crippen LogP contribution in [-0.4, -0.2) is 50.3 Å². The molecule has 1 aromatic carbocycles. The number of para-hydroxylation sites is 1. The van der Waals surface area contributed by atoms with E-state index in [-0.39, 0.29) is 0 Å². The minimum atomic E-state index is -0.830. The maximum absolute atomic E-state index is 11.7. The molecule has 1 heterocycles. The number of carboxylic acid groups (broad SMARTS) is 1. The molecule has 1 aromatic heterocycles. The van der Waals surface area contributed by atoms with Gasteiger partial charge >= 0.3 is 5.97 Å². The molecule has 0 aliphatic carbocycles. The Labute approximate surface area is 152 Å². The van der Waals surface area contributed by atoms with Crippen molar-refractivity contribution in [3.05, 3.63) is 46.2 Å². The molecule has 2 aromatic rings. The lowest BCUT2D eigenvalue weighted by Gasteiger charge is -2.18. The van der Waals surface area contributed by atoms with E-state index in [1.54, 1.807) is 7.11 Å². The topological polar surface area (TPSA) is 59.0 Å². The van der Waals surface area contributed by atoms with Crippen LogP contribution in [0.3, 0.4) is 0 Å². The first-order chi connectivity index (χ1) is 12.0. The molecule has 1 N–H and O–H groups in total. The zero-order valence-electron chi connectivity index (χ0n) is 14.9. The molecule has 0 aliphatic heterocycles. The van der Waals surface area contributed by atoms with Crippen LogP contribution in [0, 0.1) is 0 Å². The van der Waals surface area contributed by atoms with Crippen LogP contribution in [0.1, 0.15) is 22.8 Å². The number of hydrogen-bond acceptors (Lipinski definition) is 5. The Hall–Kier alpha value is -2.05. The Kier molecular flexibility index (Phi) is 7.28. The largest absolute Gasteiger partial charge is 0.493 e. The smallest absolute Gasteiger partial charge is 0.312 e. The van der Waals surface area contributed by atoms with E-state index in [2.05, 4.69) is 4.90 Å². The fraction of sp³-hybridized carbons (Fsp3) is 0.421. The first-order valence-corrected chi connectivity index (χ1v) is 9.10. The van der Waals surface area contributed by atoms with E-state index in [0.717, 1.165) is 23.4 Å². The molecule has 5 nitrogen and oxygen atoms in total. The van der Waals surface area contributed by atoms with Crippen LogP contribution in [0.2, 0.25) is 0 Å². The lowest BCUT2D eigenvalue weighted by atomic mass is 9.97. The Morgan fingerprint density at radius 3 is 2.68 bits per heavy atom. The number of thiophene rings is 1. The monoisotopic (exact) mass is 363 g/mol. The standard InChI is InChI=1S/C19H25NO4S/c1-20(2)10-6-11-24-18-14(7-4-8-16(18)23-3)13-15(19(21)22)17-9-5-12-25-17/h4-5,7-9,12,15H,6,10-11,13H2,1-3H3,(H,21,22). The van der Waals surface area contributed by atoms with Crippen molar-refractivity contribution in [2.45, 2.75) is 18.8 Å². The third kappa shape index (κ3) is 5.47. The Morgan fingerprint density at radius 2 is 2.08 bits per heavy atom. The number of methoxy groups -OCH3 is 1. The van der Waals surface area contributed by atoms with Gasteiger partial charge in [0.05, 0.1) is 19.6 Å². The van der Waals surface area contributed by atoms with E-state index < -0.39 is 11.9 Å². The predicted octanol–water partition coefficient (Wildman–Crippen LogP) is 3.50. The van der Waals surface area contributed by atoms with E-state index in [4.69, 9.17) is 9.47 Å². The van der Waals surface area contributed by atoms with Crippen LogP contribution >= 0.6 is 11.3 Å². The van der Waals surface area contributed by atoms with Gasteiger partial charge in [0, 0.05) is 11.4 Å². The first-order valence-electron chi connectivity index (χ1n) is 8.22. The maximum Gasteiger partial charge on any atom is 0.312 e. The van der Waals surface area contributed by atoms with Gasteiger partial charge in [-0.3, -0.25) is 4.79 Å². The molecular weight excluding hydrogens is 338 g/mol. The van der Waals surface area contributed by atoms with Crippen LogP contribution in [0.4, 0.5) is 0 Å². The number of hydrogen-bond donors (Lipinski definition) is 1. The van der Waals surface area contributed by atoms with Crippen LogP contribution in [0.25, 0.3) is 0 Å². The van der Waals surface area contributed by atoms with E-state index in [1.165, 1.54) is 11.3 Å². The van der Waals surface area contributed by atoms with E-state index >= 15 is 0 Å². The van der Waals surface area contributed by atoms with Crippen LogP contribution in [-0.2, 0) is 11.2 Å². The predicted molar refractivity (Wildman–Crippen MR) is 100 cm³/mol. The summed E-state index contributed by atoms with van der Waals surface area (Å²) in [6, 6.07) is 9.36. The average Bonchev–Trinajstić information content (AvgIpc) is 3.10. The van der Waals surface area contributed by atoms with Gasteiger partial charge in [0.1, 0.15) is 0 Å². The van der Waals surface area contributed by atoms with E-state index in [1.807, 2.05) is 49.8 Å². The number of benzene rings is 1. The fourth-order valence-electron chi connectivity index (χ4n) is 2.62. The number of ether oxygens (including phenoxy) is 2. The quantitative estimate of drug-likeness (QED) is 0.655. The average molecular weight is 363 g/mol. The summed E-state index contributed by atoms with van der Waals surface area (Å²) in [6.45, 7) is 1.49. The van der Waals surface area contributed by atoms with Crippen molar-refractivity contribution in [3.63, 3.8) is 0 Å². The van der Waals surface area contributed by atoms with Crippen LogP contribution in [0.15, 0.2) is 35.7 Å². The van der Waals surface area contributed by atoms with Gasteiger partial charge < -0.3 is 19.5 Å². The van der Waals surface area contributed by atoms with Gasteiger partial charge in [-0.1, -0.05) is 18.2 Å². The molecule has 0 aliphatic rings. The Balaban J connectivity index is 2.19. The summed E-state index contributed by atoms with van der Waals surface area (Å²) in [7, 11) is 5.64. The second-order valence-corrected chi connectivity index (χ2v) is 7.04. The van der Waals surface area contributed by atoms with Crippen molar-refractivity contribution in [2.24, 2.45) is 0 Å². The van der Waals surface area contributed by atoms with E-state index in [9.17, 15) is 9.90 Å². The highest BCUT2D eigenvalue weighted by atomic mass is 32.1. The molecule has 25 heavy (non-hydrogen) atoms. The summed E-state index contributed by atoms with van der Waals surface area (Å²) < 4.78 is 11.4. The molecule has 2 rings (SSSR count). The van der Waals surface area contributed by atoms with Crippen molar-refractivity contribution in [1.82, 2.24) is 4.90 Å². The molecule has 0 amide bonds. The molecule has 0 bridgehead atoms. The molecule has 6 heteroatoms. The van der Waals surface area contributed by atoms with Crippen molar-refractivity contribution in [1.29, 1.82) is 0 Å². The summed E-state index contributed by atoms with van der Waals surface area (Å²) >= 11 is 1.46. The molecule has 0 radical (unpaired) electrons.